The van der Waals surface area contributed by atoms with Gasteiger partial charge in [-0.3, -0.25) is 4.79 Å². The molecule has 1 aliphatic heterocycles. The minimum Gasteiger partial charge on any atom is -0.273 e. The number of hydrogen-bond donors (Lipinski definition) is 1. The van der Waals surface area contributed by atoms with E-state index in [1.807, 2.05) is 11.8 Å². The van der Waals surface area contributed by atoms with Crippen molar-refractivity contribution in [2.45, 2.75) is 76.4 Å². The number of hydrazone groups is 1. The van der Waals surface area contributed by atoms with E-state index in [-0.39, 0.29) is 5.91 Å². The molecule has 0 radical (unpaired) electrons. The van der Waals surface area contributed by atoms with Crippen LogP contribution in [0.5, 0.6) is 0 Å². The summed E-state index contributed by atoms with van der Waals surface area (Å²) in [4.78, 5) is 12.0. The first-order chi connectivity index (χ1) is 10.7. The molecule has 3 fully saturated rings. The molecule has 0 bridgehead atoms. The highest BCUT2D eigenvalue weighted by atomic mass is 32.2. The number of carbonyl (C=O) groups excluding carboxylic acids is 1. The molecule has 4 unspecified atom stereocenters. The number of thioether (sulfide) groups is 1. The maximum absolute atomic E-state index is 12.0. The molecule has 0 spiro atoms. The molecule has 3 nitrogen and oxygen atoms in total. The number of amides is 1. The minimum absolute atomic E-state index is 0.102. The first-order valence-corrected chi connectivity index (χ1v) is 10.2. The standard InChI is InChI=1S/C18H30N2OS/c1-13(19-20-18(21)12-17-7-4-10-22-17)15-9-8-14-5-2-3-6-16(14)11-15/h14-17H,2-12H2,1H3,(H,20,21)/b19-13+. The average molecular weight is 323 g/mol. The summed E-state index contributed by atoms with van der Waals surface area (Å²) >= 11 is 1.94. The van der Waals surface area contributed by atoms with Crippen LogP contribution < -0.4 is 5.43 Å². The molecule has 3 rings (SSSR count). The Labute approximate surface area is 139 Å². The number of fused-ring (bicyclic) bond motifs is 1. The maximum Gasteiger partial charge on any atom is 0.241 e. The monoisotopic (exact) mass is 322 g/mol. The second kappa shape index (κ2) is 7.85. The lowest BCUT2D eigenvalue weighted by atomic mass is 9.67. The summed E-state index contributed by atoms with van der Waals surface area (Å²) in [7, 11) is 0. The van der Waals surface area contributed by atoms with Crippen LogP contribution in [0.3, 0.4) is 0 Å². The second-order valence-electron chi connectivity index (χ2n) is 7.44. The lowest BCUT2D eigenvalue weighted by molar-refractivity contribution is -0.121. The van der Waals surface area contributed by atoms with E-state index in [2.05, 4.69) is 17.5 Å². The molecule has 1 N–H and O–H groups in total. The molecule has 4 heteroatoms. The summed E-state index contributed by atoms with van der Waals surface area (Å²) in [5, 5.41) is 4.96. The number of carbonyl (C=O) groups is 1. The zero-order valence-electron chi connectivity index (χ0n) is 13.9. The fraction of sp³-hybridized carbons (Fsp3) is 0.889. The average Bonchev–Trinajstić information content (AvgIpc) is 3.05. The molecule has 0 aromatic heterocycles. The highest BCUT2D eigenvalue weighted by Crippen LogP contribution is 2.42. The Balaban J connectivity index is 1.45. The number of hydrogen-bond acceptors (Lipinski definition) is 3. The van der Waals surface area contributed by atoms with E-state index in [0.717, 1.165) is 17.5 Å². The van der Waals surface area contributed by atoms with E-state index in [1.54, 1.807) is 0 Å². The van der Waals surface area contributed by atoms with Gasteiger partial charge in [-0.1, -0.05) is 25.7 Å². The Hall–Kier alpha value is -0.510. The van der Waals surface area contributed by atoms with Crippen LogP contribution in [-0.4, -0.2) is 22.6 Å². The first kappa shape index (κ1) is 16.4. The van der Waals surface area contributed by atoms with Crippen molar-refractivity contribution >= 4 is 23.4 Å². The van der Waals surface area contributed by atoms with Crippen molar-refractivity contribution in [1.82, 2.24) is 5.43 Å². The molecule has 0 aromatic carbocycles. The van der Waals surface area contributed by atoms with Gasteiger partial charge < -0.3 is 0 Å². The molecule has 3 aliphatic rings. The van der Waals surface area contributed by atoms with Gasteiger partial charge in [0, 0.05) is 17.4 Å². The van der Waals surface area contributed by atoms with Crippen LogP contribution in [0.4, 0.5) is 0 Å². The molecular formula is C18H30N2OS. The van der Waals surface area contributed by atoms with Gasteiger partial charge in [-0.2, -0.15) is 16.9 Å². The molecule has 2 saturated carbocycles. The Bertz CT molecular complexity index is 417. The number of nitrogens with one attached hydrogen (secondary N) is 1. The van der Waals surface area contributed by atoms with Gasteiger partial charge in [-0.25, -0.2) is 5.43 Å². The van der Waals surface area contributed by atoms with Crippen molar-refractivity contribution in [1.29, 1.82) is 0 Å². The third kappa shape index (κ3) is 4.27. The van der Waals surface area contributed by atoms with Gasteiger partial charge in [0.15, 0.2) is 0 Å². The Morgan fingerprint density at radius 2 is 1.91 bits per heavy atom. The lowest BCUT2D eigenvalue weighted by Gasteiger charge is -2.39. The Kier molecular flexibility index (Phi) is 5.83. The molecule has 1 amide bonds. The van der Waals surface area contributed by atoms with E-state index in [0.29, 0.717) is 17.6 Å². The second-order valence-corrected chi connectivity index (χ2v) is 8.85. The Morgan fingerprint density at radius 1 is 1.09 bits per heavy atom. The third-order valence-electron chi connectivity index (χ3n) is 5.92. The van der Waals surface area contributed by atoms with Crippen LogP contribution in [-0.2, 0) is 4.79 Å². The van der Waals surface area contributed by atoms with Crippen molar-refractivity contribution in [3.05, 3.63) is 0 Å². The number of rotatable bonds is 4. The topological polar surface area (TPSA) is 41.5 Å². The van der Waals surface area contributed by atoms with Gasteiger partial charge in [-0.05, 0) is 62.5 Å². The SMILES string of the molecule is C/C(=N\NC(=O)CC1CCCS1)C1CCC2CCCCC2C1. The molecule has 1 saturated heterocycles. The van der Waals surface area contributed by atoms with Crippen LogP contribution in [0, 0.1) is 17.8 Å². The summed E-state index contributed by atoms with van der Waals surface area (Å²) in [6, 6.07) is 0. The zero-order chi connectivity index (χ0) is 15.4. The maximum atomic E-state index is 12.0. The molecule has 22 heavy (non-hydrogen) atoms. The van der Waals surface area contributed by atoms with Crippen LogP contribution in [0.1, 0.15) is 71.1 Å². The fourth-order valence-electron chi connectivity index (χ4n) is 4.55. The summed E-state index contributed by atoms with van der Waals surface area (Å²) < 4.78 is 0. The minimum atomic E-state index is 0.102. The molecule has 124 valence electrons. The van der Waals surface area contributed by atoms with Crippen molar-refractivity contribution in [3.63, 3.8) is 0 Å². The third-order valence-corrected chi connectivity index (χ3v) is 7.32. The highest BCUT2D eigenvalue weighted by molar-refractivity contribution is 8.00. The molecule has 4 atom stereocenters. The summed E-state index contributed by atoms with van der Waals surface area (Å²) in [5.41, 5.74) is 3.96. The van der Waals surface area contributed by atoms with Crippen molar-refractivity contribution in [2.24, 2.45) is 22.9 Å². The van der Waals surface area contributed by atoms with Gasteiger partial charge in [0.1, 0.15) is 0 Å². The van der Waals surface area contributed by atoms with E-state index < -0.39 is 0 Å². The van der Waals surface area contributed by atoms with Gasteiger partial charge in [0.05, 0.1) is 0 Å². The molecule has 1 heterocycles. The lowest BCUT2D eigenvalue weighted by Crippen LogP contribution is -2.31. The Morgan fingerprint density at radius 3 is 2.68 bits per heavy atom. The van der Waals surface area contributed by atoms with Crippen molar-refractivity contribution in [3.8, 4) is 0 Å². The van der Waals surface area contributed by atoms with E-state index in [9.17, 15) is 4.79 Å². The smallest absolute Gasteiger partial charge is 0.241 e. The first-order valence-electron chi connectivity index (χ1n) is 9.17. The predicted octanol–water partition coefficient (Wildman–Crippen LogP) is 4.37. The molecule has 0 aromatic rings. The van der Waals surface area contributed by atoms with Crippen LogP contribution >= 0.6 is 11.8 Å². The van der Waals surface area contributed by atoms with E-state index in [4.69, 9.17) is 0 Å². The normalized spacial score (nSPS) is 36.0. The van der Waals surface area contributed by atoms with Crippen molar-refractivity contribution < 1.29 is 4.79 Å². The molecular weight excluding hydrogens is 292 g/mol. The summed E-state index contributed by atoms with van der Waals surface area (Å²) in [5.74, 6) is 3.81. The van der Waals surface area contributed by atoms with Gasteiger partial charge in [0.25, 0.3) is 0 Å². The van der Waals surface area contributed by atoms with E-state index in [1.165, 1.54) is 63.5 Å². The fourth-order valence-corrected chi connectivity index (χ4v) is 5.82. The zero-order valence-corrected chi connectivity index (χ0v) is 14.7. The van der Waals surface area contributed by atoms with Gasteiger partial charge in [-0.15, -0.1) is 0 Å². The summed E-state index contributed by atoms with van der Waals surface area (Å²) in [6.45, 7) is 2.11. The summed E-state index contributed by atoms with van der Waals surface area (Å²) in [6.07, 6.45) is 12.7. The van der Waals surface area contributed by atoms with Crippen LogP contribution in [0.2, 0.25) is 0 Å². The number of nitrogens with zero attached hydrogens (tertiary/aromatic N) is 1. The van der Waals surface area contributed by atoms with Crippen molar-refractivity contribution in [2.75, 3.05) is 5.75 Å². The van der Waals surface area contributed by atoms with E-state index >= 15 is 0 Å². The largest absolute Gasteiger partial charge is 0.273 e. The quantitative estimate of drug-likeness (QED) is 0.617. The highest BCUT2D eigenvalue weighted by Gasteiger charge is 2.33. The van der Waals surface area contributed by atoms with Gasteiger partial charge >= 0.3 is 0 Å². The van der Waals surface area contributed by atoms with Crippen LogP contribution in [0.25, 0.3) is 0 Å². The van der Waals surface area contributed by atoms with Gasteiger partial charge in [0.2, 0.25) is 5.91 Å². The molecule has 2 aliphatic carbocycles. The predicted molar refractivity (Wildman–Crippen MR) is 94.1 cm³/mol. The van der Waals surface area contributed by atoms with Crippen LogP contribution in [0.15, 0.2) is 5.10 Å².